The first kappa shape index (κ1) is 33.8. The summed E-state index contributed by atoms with van der Waals surface area (Å²) in [7, 11) is -8.38. The number of hydrogen-bond donors (Lipinski definition) is 5. The maximum absolute atomic E-state index is 13.2. The summed E-state index contributed by atoms with van der Waals surface area (Å²) in [6.07, 6.45) is 0. The summed E-state index contributed by atoms with van der Waals surface area (Å²) in [4.78, 5) is 25.0. The van der Waals surface area contributed by atoms with Crippen molar-refractivity contribution < 1.29 is 46.5 Å². The van der Waals surface area contributed by atoms with Crippen LogP contribution >= 0.6 is 34.3 Å². The average molecular weight is 757 g/mol. The van der Waals surface area contributed by atoms with Gasteiger partial charge < -0.3 is 20.1 Å². The number of fused-ring (bicyclic) bond motifs is 1. The van der Waals surface area contributed by atoms with Crippen LogP contribution in [0.3, 0.4) is 0 Å². The molecule has 0 amide bonds. The number of halogens is 1. The number of carboxylic acid groups (broad SMARTS) is 1. The first-order valence-electron chi connectivity index (χ1n) is 13.8. The number of esters is 1. The molecule has 0 saturated carbocycles. The second-order valence-electron chi connectivity index (χ2n) is 10.2. The van der Waals surface area contributed by atoms with Gasteiger partial charge in [-0.3, -0.25) is 9.44 Å². The van der Waals surface area contributed by atoms with Crippen LogP contribution in [0.15, 0.2) is 105 Å². The summed E-state index contributed by atoms with van der Waals surface area (Å²) in [5.74, 6) is -4.04. The molecule has 12 nitrogen and oxygen atoms in total. The van der Waals surface area contributed by atoms with E-state index in [1.165, 1.54) is 34.9 Å². The number of rotatable bonds is 10. The van der Waals surface area contributed by atoms with Crippen LogP contribution in [0, 0.1) is 0 Å². The van der Waals surface area contributed by atoms with Gasteiger partial charge in [-0.05, 0) is 42.5 Å². The molecule has 0 saturated heterocycles. The smallest absolute Gasteiger partial charge is 0.347 e. The quantitative estimate of drug-likeness (QED) is 0.0703. The Morgan fingerprint density at radius 2 is 1.39 bits per heavy atom. The van der Waals surface area contributed by atoms with Crippen LogP contribution in [-0.4, -0.2) is 44.1 Å². The maximum Gasteiger partial charge on any atom is 0.347 e. The summed E-state index contributed by atoms with van der Waals surface area (Å²) in [6.45, 7) is 0. The second-order valence-corrected chi connectivity index (χ2v) is 16.3. The SMILES string of the molecule is O=C(Oc1cc(NS(=O)(=O)c2cc(-c3ccccc3O)c(Cl)s2)ccc1C(=O)O)c1ccc(NS(=O)(=O)c2csc3ccccc23)cc1O. The van der Waals surface area contributed by atoms with E-state index in [1.54, 1.807) is 42.5 Å². The van der Waals surface area contributed by atoms with Crippen LogP contribution in [0.2, 0.25) is 4.34 Å². The lowest BCUT2D eigenvalue weighted by Gasteiger charge is -2.13. The van der Waals surface area contributed by atoms with E-state index in [0.717, 1.165) is 46.4 Å². The lowest BCUT2D eigenvalue weighted by molar-refractivity contribution is 0.0681. The van der Waals surface area contributed by atoms with Gasteiger partial charge >= 0.3 is 11.9 Å². The normalized spacial score (nSPS) is 11.7. The zero-order chi connectivity index (χ0) is 35.1. The maximum atomic E-state index is 13.2. The zero-order valence-electron chi connectivity index (χ0n) is 24.4. The number of ether oxygens (including phenoxy) is 1. The second kappa shape index (κ2) is 13.1. The summed E-state index contributed by atoms with van der Waals surface area (Å²) < 4.78 is 63.2. The number of para-hydroxylation sites is 1. The topological polar surface area (TPSA) is 196 Å². The Morgan fingerprint density at radius 3 is 2.10 bits per heavy atom. The minimum atomic E-state index is -4.30. The third-order valence-corrected chi connectivity index (χ3v) is 12.7. The van der Waals surface area contributed by atoms with Gasteiger partial charge in [0.05, 0.1) is 11.4 Å². The summed E-state index contributed by atoms with van der Waals surface area (Å²) in [5.41, 5.74) is -0.572. The van der Waals surface area contributed by atoms with Gasteiger partial charge in [-0.2, -0.15) is 0 Å². The minimum Gasteiger partial charge on any atom is -0.507 e. The van der Waals surface area contributed by atoms with E-state index in [-0.39, 0.29) is 36.1 Å². The molecule has 6 rings (SSSR count). The first-order valence-corrected chi connectivity index (χ1v) is 18.8. The van der Waals surface area contributed by atoms with Gasteiger partial charge in [0.15, 0.2) is 0 Å². The van der Waals surface area contributed by atoms with Gasteiger partial charge in [-0.15, -0.1) is 22.7 Å². The molecule has 0 unspecified atom stereocenters. The summed E-state index contributed by atoms with van der Waals surface area (Å²) in [6, 6.07) is 20.8. The molecule has 0 spiro atoms. The molecule has 2 heterocycles. The number of carboxylic acids is 1. The summed E-state index contributed by atoms with van der Waals surface area (Å²) in [5, 5.41) is 32.5. The molecule has 0 bridgehead atoms. The number of thiophene rings is 2. The molecule has 0 radical (unpaired) electrons. The lowest BCUT2D eigenvalue weighted by atomic mass is 10.1. The molecule has 2 aromatic heterocycles. The van der Waals surface area contributed by atoms with Crippen LogP contribution in [0.5, 0.6) is 17.2 Å². The van der Waals surface area contributed by atoms with Gasteiger partial charge in [0.25, 0.3) is 20.0 Å². The Hall–Kier alpha value is -5.13. The van der Waals surface area contributed by atoms with Crippen LogP contribution in [0.4, 0.5) is 11.4 Å². The Bertz CT molecular complexity index is 2510. The van der Waals surface area contributed by atoms with Gasteiger partial charge in [0.1, 0.15) is 41.8 Å². The van der Waals surface area contributed by atoms with Gasteiger partial charge in [-0.1, -0.05) is 48.0 Å². The van der Waals surface area contributed by atoms with E-state index >= 15 is 0 Å². The van der Waals surface area contributed by atoms with Crippen molar-refractivity contribution in [3.8, 4) is 28.4 Å². The van der Waals surface area contributed by atoms with E-state index in [2.05, 4.69) is 9.44 Å². The van der Waals surface area contributed by atoms with E-state index < -0.39 is 54.6 Å². The Kier molecular flexibility index (Phi) is 9.00. The number of benzene rings is 4. The van der Waals surface area contributed by atoms with E-state index in [1.807, 2.05) is 0 Å². The van der Waals surface area contributed by atoms with Gasteiger partial charge in [-0.25, -0.2) is 26.4 Å². The van der Waals surface area contributed by atoms with Crippen LogP contribution in [0.25, 0.3) is 21.2 Å². The third-order valence-electron chi connectivity index (χ3n) is 6.99. The Labute approximate surface area is 291 Å². The third kappa shape index (κ3) is 6.90. The fraction of sp³-hybridized carbons (Fsp3) is 0. The van der Waals surface area contributed by atoms with Crippen molar-refractivity contribution in [3.63, 3.8) is 0 Å². The van der Waals surface area contributed by atoms with Crippen molar-refractivity contribution >= 4 is 87.7 Å². The number of aromatic hydroxyl groups is 2. The zero-order valence-corrected chi connectivity index (χ0v) is 28.5. The molecule has 0 fully saturated rings. The predicted molar refractivity (Wildman–Crippen MR) is 186 cm³/mol. The molecule has 17 heteroatoms. The standard InChI is InChI=1S/C32H21ClN2O10S4/c33-30-23(19-5-1-3-7-24(19)36)15-29(47-30)49(43,44)35-18-10-12-21(31(38)39)26(14-18)45-32(40)20-11-9-17(13-25(20)37)34-48(41,42)28-16-46-27-8-4-2-6-22(27)28/h1-16,34-37H,(H,38,39). The number of sulfonamides is 2. The molecule has 0 aliphatic heterocycles. The molecule has 0 aliphatic carbocycles. The fourth-order valence-corrected chi connectivity index (χ4v) is 10.1. The number of aromatic carboxylic acids is 1. The van der Waals surface area contributed by atoms with Crippen molar-refractivity contribution in [2.45, 2.75) is 9.10 Å². The molecule has 0 atom stereocenters. The highest BCUT2D eigenvalue weighted by molar-refractivity contribution is 7.94. The molecule has 6 aromatic rings. The number of hydrogen-bond acceptors (Lipinski definition) is 11. The fourth-order valence-electron chi connectivity index (χ4n) is 4.71. The number of carbonyl (C=O) groups excluding carboxylic acids is 1. The monoisotopic (exact) mass is 756 g/mol. The molecule has 250 valence electrons. The van der Waals surface area contributed by atoms with Crippen molar-refractivity contribution in [1.82, 2.24) is 0 Å². The number of carbonyl (C=O) groups is 2. The van der Waals surface area contributed by atoms with Crippen molar-refractivity contribution in [2.24, 2.45) is 0 Å². The number of phenols is 2. The Balaban J connectivity index is 1.22. The van der Waals surface area contributed by atoms with Crippen molar-refractivity contribution in [3.05, 3.63) is 112 Å². The average Bonchev–Trinajstić information content (AvgIpc) is 3.66. The van der Waals surface area contributed by atoms with Crippen LogP contribution in [0.1, 0.15) is 20.7 Å². The van der Waals surface area contributed by atoms with Crippen LogP contribution < -0.4 is 14.2 Å². The predicted octanol–water partition coefficient (Wildman–Crippen LogP) is 7.21. The molecule has 4 aromatic carbocycles. The molecular formula is C32H21ClN2O10S4. The number of anilines is 2. The summed E-state index contributed by atoms with van der Waals surface area (Å²) >= 11 is 8.26. The highest BCUT2D eigenvalue weighted by Crippen LogP contribution is 2.42. The molecule has 0 aliphatic rings. The van der Waals surface area contributed by atoms with Crippen molar-refractivity contribution in [2.75, 3.05) is 9.44 Å². The van der Waals surface area contributed by atoms with Gasteiger partial charge in [0, 0.05) is 38.7 Å². The minimum absolute atomic E-state index is 0.0332. The largest absolute Gasteiger partial charge is 0.507 e. The first-order chi connectivity index (χ1) is 23.2. The van der Waals surface area contributed by atoms with E-state index in [9.17, 15) is 41.7 Å². The highest BCUT2D eigenvalue weighted by Gasteiger charge is 2.25. The van der Waals surface area contributed by atoms with E-state index in [4.69, 9.17) is 16.3 Å². The highest BCUT2D eigenvalue weighted by atomic mass is 35.5. The number of nitrogens with one attached hydrogen (secondary N) is 2. The molecule has 5 N–H and O–H groups in total. The molecule has 49 heavy (non-hydrogen) atoms. The van der Waals surface area contributed by atoms with Gasteiger partial charge in [0.2, 0.25) is 0 Å². The Morgan fingerprint density at radius 1 is 0.735 bits per heavy atom. The molecular weight excluding hydrogens is 736 g/mol. The van der Waals surface area contributed by atoms with Crippen LogP contribution in [-0.2, 0) is 20.0 Å². The lowest BCUT2D eigenvalue weighted by Crippen LogP contribution is -2.15. The van der Waals surface area contributed by atoms with Crippen molar-refractivity contribution in [1.29, 1.82) is 0 Å². The van der Waals surface area contributed by atoms with E-state index in [0.29, 0.717) is 10.9 Å². The number of phenolic OH excluding ortho intramolecular Hbond substituents is 2.